The number of alkyl halides is 3. The predicted octanol–water partition coefficient (Wildman–Crippen LogP) is 4.11. The molecule has 8 nitrogen and oxygen atoms in total. The molecule has 0 radical (unpaired) electrons. The lowest BCUT2D eigenvalue weighted by Crippen LogP contribution is -2.24. The number of rotatable bonds is 9. The van der Waals surface area contributed by atoms with Crippen LogP contribution in [0, 0.1) is 0 Å². The summed E-state index contributed by atoms with van der Waals surface area (Å²) >= 11 is 0. The number of aliphatic hydroxyl groups is 1. The first-order valence-electron chi connectivity index (χ1n) is 10.1. The van der Waals surface area contributed by atoms with E-state index in [-0.39, 0.29) is 22.0 Å². The van der Waals surface area contributed by atoms with Crippen LogP contribution in [0.1, 0.15) is 11.5 Å². The largest absolute Gasteiger partial charge is 0.573 e. The van der Waals surface area contributed by atoms with Crippen molar-refractivity contribution in [2.24, 2.45) is 0 Å². The number of carbonyl (C=O) groups is 1. The fraction of sp³-hybridized carbons (Fsp3) is 0.174. The summed E-state index contributed by atoms with van der Waals surface area (Å²) in [6, 6.07) is 16.7. The number of sulfonamides is 1. The molecule has 1 atom stereocenters. The number of benzene rings is 3. The Kier molecular flexibility index (Phi) is 7.87. The minimum absolute atomic E-state index is 0.127. The molecule has 0 spiro atoms. The van der Waals surface area contributed by atoms with Gasteiger partial charge in [-0.15, -0.1) is 13.2 Å². The lowest BCUT2D eigenvalue weighted by molar-refractivity contribution is -0.274. The van der Waals surface area contributed by atoms with Gasteiger partial charge < -0.3 is 19.9 Å². The summed E-state index contributed by atoms with van der Waals surface area (Å²) in [5, 5.41) is 12.3. The van der Waals surface area contributed by atoms with Gasteiger partial charge in [-0.05, 0) is 29.8 Å². The summed E-state index contributed by atoms with van der Waals surface area (Å²) in [5.74, 6) is -2.09. The van der Waals surface area contributed by atoms with Crippen LogP contribution in [0.15, 0.2) is 77.7 Å². The van der Waals surface area contributed by atoms with E-state index in [1.54, 1.807) is 30.3 Å². The Hall–Kier alpha value is -3.77. The molecule has 0 aliphatic carbocycles. The Balaban J connectivity index is 1.81. The van der Waals surface area contributed by atoms with Crippen molar-refractivity contribution in [2.45, 2.75) is 17.2 Å². The topological polar surface area (TPSA) is 114 Å². The first-order chi connectivity index (χ1) is 16.5. The summed E-state index contributed by atoms with van der Waals surface area (Å²) in [6.45, 7) is -0.444. The maximum atomic E-state index is 12.9. The fourth-order valence-electron chi connectivity index (χ4n) is 3.19. The van der Waals surface area contributed by atoms with Crippen molar-refractivity contribution in [3.63, 3.8) is 0 Å². The van der Waals surface area contributed by atoms with E-state index >= 15 is 0 Å². The van der Waals surface area contributed by atoms with Crippen molar-refractivity contribution in [1.29, 1.82) is 0 Å². The van der Waals surface area contributed by atoms with Crippen LogP contribution in [0.4, 0.5) is 24.5 Å². The number of anilines is 2. The number of aliphatic hydroxyl groups excluding tert-OH is 1. The Bertz CT molecular complexity index is 1280. The summed E-state index contributed by atoms with van der Waals surface area (Å²) in [6.07, 6.45) is -4.93. The van der Waals surface area contributed by atoms with E-state index in [1.165, 1.54) is 37.4 Å². The molecule has 35 heavy (non-hydrogen) atoms. The Morgan fingerprint density at radius 1 is 1.00 bits per heavy atom. The molecule has 3 N–H and O–H groups in total. The van der Waals surface area contributed by atoms with Crippen LogP contribution in [-0.4, -0.2) is 39.5 Å². The number of hydrogen-bond acceptors (Lipinski definition) is 6. The van der Waals surface area contributed by atoms with E-state index < -0.39 is 40.6 Å². The molecule has 3 aromatic carbocycles. The second-order valence-electron chi connectivity index (χ2n) is 7.18. The Labute approximate surface area is 199 Å². The molecular weight excluding hydrogens is 489 g/mol. The molecule has 0 heterocycles. The van der Waals surface area contributed by atoms with Crippen LogP contribution in [0.25, 0.3) is 0 Å². The average Bonchev–Trinajstić information content (AvgIpc) is 2.79. The van der Waals surface area contributed by atoms with Gasteiger partial charge in [-0.25, -0.2) is 8.42 Å². The fourth-order valence-corrected chi connectivity index (χ4v) is 4.39. The number of amides is 1. The molecule has 0 aliphatic heterocycles. The number of methoxy groups -OCH3 is 1. The third-order valence-corrected chi connectivity index (χ3v) is 6.16. The summed E-state index contributed by atoms with van der Waals surface area (Å²) < 4.78 is 74.2. The quantitative estimate of drug-likeness (QED) is 0.399. The van der Waals surface area contributed by atoms with Gasteiger partial charge in [0.15, 0.2) is 0 Å². The minimum Gasteiger partial charge on any atom is -0.495 e. The van der Waals surface area contributed by atoms with E-state index in [2.05, 4.69) is 14.8 Å². The van der Waals surface area contributed by atoms with Crippen LogP contribution in [0.3, 0.4) is 0 Å². The standard InChI is InChI=1S/C23H21F3N2O6S/c1-33-20-13-16(27-22(30)19(14-29)15-6-3-2-4-7-15)10-11-21(20)35(31,32)28-17-8-5-9-18(12-17)34-23(24,25)26/h2-13,19,28-29H,14H2,1H3,(H,27,30)/t19-/m0/s1. The number of ether oxygens (including phenoxy) is 2. The lowest BCUT2D eigenvalue weighted by atomic mass is 9.99. The van der Waals surface area contributed by atoms with Gasteiger partial charge in [0.1, 0.15) is 16.4 Å². The van der Waals surface area contributed by atoms with Crippen LogP contribution < -0.4 is 19.5 Å². The Morgan fingerprint density at radius 3 is 2.34 bits per heavy atom. The molecule has 0 aromatic heterocycles. The van der Waals surface area contributed by atoms with Crippen molar-refractivity contribution < 1.29 is 41.0 Å². The van der Waals surface area contributed by atoms with Crippen LogP contribution in [0.2, 0.25) is 0 Å². The molecule has 3 aromatic rings. The van der Waals surface area contributed by atoms with Gasteiger partial charge in [-0.2, -0.15) is 0 Å². The van der Waals surface area contributed by atoms with Gasteiger partial charge in [-0.1, -0.05) is 36.4 Å². The zero-order chi connectivity index (χ0) is 25.6. The van der Waals surface area contributed by atoms with E-state index in [0.717, 1.165) is 12.1 Å². The van der Waals surface area contributed by atoms with Crippen molar-refractivity contribution >= 4 is 27.3 Å². The highest BCUT2D eigenvalue weighted by atomic mass is 32.2. The number of hydrogen-bond donors (Lipinski definition) is 3. The lowest BCUT2D eigenvalue weighted by Gasteiger charge is -2.17. The molecule has 0 saturated carbocycles. The number of carbonyl (C=O) groups excluding carboxylic acids is 1. The van der Waals surface area contributed by atoms with E-state index in [1.807, 2.05) is 0 Å². The van der Waals surface area contributed by atoms with Gasteiger partial charge >= 0.3 is 6.36 Å². The van der Waals surface area contributed by atoms with Crippen LogP contribution in [-0.2, 0) is 14.8 Å². The van der Waals surface area contributed by atoms with Gasteiger partial charge in [0.2, 0.25) is 5.91 Å². The molecule has 0 saturated heterocycles. The van der Waals surface area contributed by atoms with Gasteiger partial charge in [-0.3, -0.25) is 9.52 Å². The predicted molar refractivity (Wildman–Crippen MR) is 122 cm³/mol. The first kappa shape index (κ1) is 25.8. The summed E-state index contributed by atoms with van der Waals surface area (Å²) in [4.78, 5) is 12.3. The van der Waals surface area contributed by atoms with Crippen molar-refractivity contribution in [1.82, 2.24) is 0 Å². The SMILES string of the molecule is COc1cc(NC(=O)[C@@H](CO)c2ccccc2)ccc1S(=O)(=O)Nc1cccc(OC(F)(F)F)c1. The third kappa shape index (κ3) is 6.87. The van der Waals surface area contributed by atoms with Gasteiger partial charge in [0.25, 0.3) is 10.0 Å². The zero-order valence-corrected chi connectivity index (χ0v) is 19.1. The van der Waals surface area contributed by atoms with E-state index in [4.69, 9.17) is 4.74 Å². The molecular formula is C23H21F3N2O6S. The van der Waals surface area contributed by atoms with Crippen molar-refractivity contribution in [3.05, 3.63) is 78.4 Å². The molecule has 0 fully saturated rings. The molecule has 12 heteroatoms. The molecule has 0 unspecified atom stereocenters. The summed E-state index contributed by atoms with van der Waals surface area (Å²) in [7, 11) is -3.07. The molecule has 0 aliphatic rings. The zero-order valence-electron chi connectivity index (χ0n) is 18.2. The second-order valence-corrected chi connectivity index (χ2v) is 8.83. The highest BCUT2D eigenvalue weighted by Crippen LogP contribution is 2.31. The van der Waals surface area contributed by atoms with Crippen molar-refractivity contribution in [2.75, 3.05) is 23.8 Å². The second kappa shape index (κ2) is 10.7. The smallest absolute Gasteiger partial charge is 0.495 e. The minimum atomic E-state index is -4.93. The van der Waals surface area contributed by atoms with E-state index in [9.17, 15) is 31.5 Å². The molecule has 0 bridgehead atoms. The normalized spacial score (nSPS) is 12.5. The molecule has 1 amide bonds. The van der Waals surface area contributed by atoms with Crippen LogP contribution in [0.5, 0.6) is 11.5 Å². The summed E-state index contributed by atoms with van der Waals surface area (Å²) in [5.41, 5.74) is 0.639. The number of halogens is 3. The van der Waals surface area contributed by atoms with E-state index in [0.29, 0.717) is 5.56 Å². The Morgan fingerprint density at radius 2 is 1.71 bits per heavy atom. The highest BCUT2D eigenvalue weighted by Gasteiger charge is 2.31. The average molecular weight is 510 g/mol. The van der Waals surface area contributed by atoms with Crippen LogP contribution >= 0.6 is 0 Å². The molecule has 186 valence electrons. The maximum absolute atomic E-state index is 12.9. The monoisotopic (exact) mass is 510 g/mol. The molecule has 3 rings (SSSR count). The van der Waals surface area contributed by atoms with Crippen molar-refractivity contribution in [3.8, 4) is 11.5 Å². The maximum Gasteiger partial charge on any atom is 0.573 e. The first-order valence-corrected chi connectivity index (χ1v) is 11.5. The highest BCUT2D eigenvalue weighted by molar-refractivity contribution is 7.92. The van der Waals surface area contributed by atoms with Gasteiger partial charge in [0, 0.05) is 17.8 Å². The third-order valence-electron chi connectivity index (χ3n) is 4.74. The van der Waals surface area contributed by atoms with Gasteiger partial charge in [0.05, 0.1) is 25.3 Å². The number of nitrogens with one attached hydrogen (secondary N) is 2.